The molecular weight excluding hydrogens is 163 g/mol. The SMILES string of the molecule is O=[PH2]NSCNC(=O)O. The van der Waals surface area contributed by atoms with Crippen LogP contribution in [0, 0.1) is 0 Å². The number of hydrogen-bond donors (Lipinski definition) is 3. The van der Waals surface area contributed by atoms with Gasteiger partial charge in [-0.1, -0.05) is 11.9 Å². The fourth-order valence-corrected chi connectivity index (χ4v) is 0.975. The van der Waals surface area contributed by atoms with E-state index >= 15 is 0 Å². The average molecular weight is 170 g/mol. The van der Waals surface area contributed by atoms with E-state index in [0.29, 0.717) is 0 Å². The molecule has 0 aromatic heterocycles. The first-order valence-corrected chi connectivity index (χ1v) is 4.08. The third kappa shape index (κ3) is 7.81. The summed E-state index contributed by atoms with van der Waals surface area (Å²) in [4.78, 5) is 9.74. The minimum Gasteiger partial charge on any atom is -0.465 e. The summed E-state index contributed by atoms with van der Waals surface area (Å²) in [5, 5.41) is 10.1. The Balaban J connectivity index is 2.91. The van der Waals surface area contributed by atoms with Crippen LogP contribution < -0.4 is 9.81 Å². The first-order chi connectivity index (χ1) is 4.27. The van der Waals surface area contributed by atoms with Crippen molar-refractivity contribution in [1.82, 2.24) is 9.81 Å². The second-order valence-electron chi connectivity index (χ2n) is 1.01. The zero-order valence-electron chi connectivity index (χ0n) is 4.46. The molecule has 0 radical (unpaired) electrons. The second kappa shape index (κ2) is 5.94. The molecule has 0 aliphatic heterocycles. The predicted octanol–water partition coefficient (Wildman–Crippen LogP) is 0.121. The lowest BCUT2D eigenvalue weighted by Crippen LogP contribution is -2.20. The van der Waals surface area contributed by atoms with Gasteiger partial charge < -0.3 is 15.0 Å². The molecular formula is C2H7N2O3PS. The van der Waals surface area contributed by atoms with Crippen LogP contribution in [0.5, 0.6) is 0 Å². The molecule has 1 atom stereocenters. The summed E-state index contributed by atoms with van der Waals surface area (Å²) in [6.07, 6.45) is -1.08. The van der Waals surface area contributed by atoms with Crippen molar-refractivity contribution in [2.45, 2.75) is 0 Å². The van der Waals surface area contributed by atoms with Crippen LogP contribution in [-0.2, 0) is 4.57 Å². The van der Waals surface area contributed by atoms with Crippen molar-refractivity contribution >= 4 is 26.7 Å². The fourth-order valence-electron chi connectivity index (χ4n) is 0.174. The molecule has 5 nitrogen and oxygen atoms in total. The van der Waals surface area contributed by atoms with Crippen molar-refractivity contribution < 1.29 is 14.5 Å². The highest BCUT2D eigenvalue weighted by Crippen LogP contribution is 1.95. The van der Waals surface area contributed by atoms with E-state index in [-0.39, 0.29) is 5.88 Å². The smallest absolute Gasteiger partial charge is 0.405 e. The van der Waals surface area contributed by atoms with Gasteiger partial charge in [-0.2, -0.15) is 0 Å². The van der Waals surface area contributed by atoms with Crippen LogP contribution in [0.25, 0.3) is 0 Å². The molecule has 54 valence electrons. The van der Waals surface area contributed by atoms with Crippen molar-refractivity contribution in [2.24, 2.45) is 0 Å². The molecule has 0 bridgehead atoms. The summed E-state index contributed by atoms with van der Waals surface area (Å²) in [6, 6.07) is 0. The largest absolute Gasteiger partial charge is 0.465 e. The first kappa shape index (κ1) is 8.81. The van der Waals surface area contributed by atoms with Gasteiger partial charge in [0.2, 0.25) is 0 Å². The molecule has 0 aliphatic rings. The maximum absolute atomic E-state index is 9.75. The molecule has 0 fully saturated rings. The zero-order valence-corrected chi connectivity index (χ0v) is 6.43. The third-order valence-corrected chi connectivity index (χ3v) is 1.77. The zero-order chi connectivity index (χ0) is 7.11. The molecule has 0 aromatic carbocycles. The van der Waals surface area contributed by atoms with Crippen molar-refractivity contribution in [2.75, 3.05) is 5.88 Å². The first-order valence-electron chi connectivity index (χ1n) is 2.05. The molecule has 0 aromatic rings. The molecule has 7 heteroatoms. The van der Waals surface area contributed by atoms with Gasteiger partial charge in [-0.25, -0.2) is 9.29 Å². The van der Waals surface area contributed by atoms with Gasteiger partial charge in [0, 0.05) is 0 Å². The lowest BCUT2D eigenvalue weighted by Gasteiger charge is -1.95. The number of carbonyl (C=O) groups is 1. The second-order valence-corrected chi connectivity index (χ2v) is 2.76. The molecule has 0 spiro atoms. The van der Waals surface area contributed by atoms with Gasteiger partial charge in [-0.05, 0) is 0 Å². The Morgan fingerprint density at radius 2 is 2.44 bits per heavy atom. The highest BCUT2D eigenvalue weighted by Gasteiger charge is 1.89. The number of rotatable bonds is 4. The van der Waals surface area contributed by atoms with Crippen LogP contribution in [0.2, 0.25) is 0 Å². The van der Waals surface area contributed by atoms with Gasteiger partial charge in [-0.3, -0.25) is 0 Å². The van der Waals surface area contributed by atoms with Gasteiger partial charge in [0.05, 0.1) is 5.88 Å². The highest BCUT2D eigenvalue weighted by molar-refractivity contribution is 8.00. The Kier molecular flexibility index (Phi) is 5.81. The van der Waals surface area contributed by atoms with E-state index < -0.39 is 14.7 Å². The monoisotopic (exact) mass is 170 g/mol. The Bertz CT molecular complexity index is 110. The minimum absolute atomic E-state index is 0.213. The van der Waals surface area contributed by atoms with Crippen LogP contribution in [-0.4, -0.2) is 17.1 Å². The van der Waals surface area contributed by atoms with Gasteiger partial charge in [0.1, 0.15) is 8.61 Å². The summed E-state index contributed by atoms with van der Waals surface area (Å²) in [7, 11) is -1.00. The van der Waals surface area contributed by atoms with Gasteiger partial charge in [0.25, 0.3) is 0 Å². The van der Waals surface area contributed by atoms with Crippen LogP contribution >= 0.6 is 20.6 Å². The molecule has 1 amide bonds. The Morgan fingerprint density at radius 3 is 2.89 bits per heavy atom. The molecule has 0 saturated heterocycles. The van der Waals surface area contributed by atoms with E-state index in [1.54, 1.807) is 0 Å². The molecule has 1 unspecified atom stereocenters. The predicted molar refractivity (Wildman–Crippen MR) is 37.2 cm³/mol. The van der Waals surface area contributed by atoms with Gasteiger partial charge in [-0.15, -0.1) is 0 Å². The summed E-state index contributed by atoms with van der Waals surface area (Å²) in [5.74, 6) is 0.213. The molecule has 3 N–H and O–H groups in total. The maximum atomic E-state index is 9.75. The Morgan fingerprint density at radius 1 is 1.78 bits per heavy atom. The van der Waals surface area contributed by atoms with Crippen LogP contribution in [0.15, 0.2) is 0 Å². The van der Waals surface area contributed by atoms with Crippen molar-refractivity contribution in [3.05, 3.63) is 0 Å². The summed E-state index contributed by atoms with van der Waals surface area (Å²) in [6.45, 7) is 0. The lowest BCUT2D eigenvalue weighted by atomic mass is 11.1. The Labute approximate surface area is 57.6 Å². The van der Waals surface area contributed by atoms with Crippen molar-refractivity contribution in [3.8, 4) is 0 Å². The van der Waals surface area contributed by atoms with E-state index in [1.165, 1.54) is 0 Å². The Hall–Kier alpha value is -0.190. The summed E-state index contributed by atoms with van der Waals surface area (Å²) < 4.78 is 12.2. The number of hydrogen-bond acceptors (Lipinski definition) is 3. The van der Waals surface area contributed by atoms with E-state index in [2.05, 4.69) is 9.81 Å². The molecule has 0 saturated carbocycles. The molecule has 0 heterocycles. The van der Waals surface area contributed by atoms with Crippen LogP contribution in [0.1, 0.15) is 0 Å². The van der Waals surface area contributed by atoms with Gasteiger partial charge in [0.15, 0.2) is 0 Å². The summed E-state index contributed by atoms with van der Waals surface area (Å²) >= 11 is 1.06. The maximum Gasteiger partial charge on any atom is 0.405 e. The number of carboxylic acid groups (broad SMARTS) is 1. The molecule has 0 aliphatic carbocycles. The minimum atomic E-state index is -1.08. The quantitative estimate of drug-likeness (QED) is 0.242. The normalized spacial score (nSPS) is 10.2. The van der Waals surface area contributed by atoms with E-state index in [9.17, 15) is 9.36 Å². The third-order valence-electron chi connectivity index (χ3n) is 0.427. The molecule has 9 heavy (non-hydrogen) atoms. The fraction of sp³-hybridized carbons (Fsp3) is 0.500. The lowest BCUT2D eigenvalue weighted by molar-refractivity contribution is 0.196. The van der Waals surface area contributed by atoms with E-state index in [1.807, 2.05) is 0 Å². The standard InChI is InChI=1S/C2H7N2O3PS/c5-2(6)3-1-9-4-8-7/h3H,1,8H2,(H,4,7)(H,5,6). The topological polar surface area (TPSA) is 78.4 Å². The van der Waals surface area contributed by atoms with E-state index in [0.717, 1.165) is 11.9 Å². The van der Waals surface area contributed by atoms with Crippen LogP contribution in [0.3, 0.4) is 0 Å². The van der Waals surface area contributed by atoms with Crippen molar-refractivity contribution in [3.63, 3.8) is 0 Å². The summed E-state index contributed by atoms with van der Waals surface area (Å²) in [5.41, 5.74) is 0. The van der Waals surface area contributed by atoms with Gasteiger partial charge >= 0.3 is 6.09 Å². The number of amides is 1. The highest BCUT2D eigenvalue weighted by atomic mass is 32.2. The van der Waals surface area contributed by atoms with Crippen molar-refractivity contribution in [1.29, 1.82) is 0 Å². The van der Waals surface area contributed by atoms with Crippen LogP contribution in [0.4, 0.5) is 4.79 Å². The molecule has 0 rings (SSSR count). The average Bonchev–Trinajstić information content (AvgIpc) is 1.80. The van der Waals surface area contributed by atoms with E-state index in [4.69, 9.17) is 5.11 Å². The number of nitrogens with one attached hydrogen (secondary N) is 2.